The molecule has 0 radical (unpaired) electrons. The first kappa shape index (κ1) is 12.4. The van der Waals surface area contributed by atoms with Crippen molar-refractivity contribution in [2.24, 2.45) is 0 Å². The summed E-state index contributed by atoms with van der Waals surface area (Å²) in [5.74, 6) is -0.260. The van der Waals surface area contributed by atoms with Gasteiger partial charge in [0.2, 0.25) is 11.8 Å². The number of carbonyl (C=O) groups is 2. The van der Waals surface area contributed by atoms with Crippen molar-refractivity contribution in [3.8, 4) is 5.69 Å². The molecule has 6 nitrogen and oxygen atoms in total. The van der Waals surface area contributed by atoms with Crippen LogP contribution in [0.2, 0.25) is 0 Å². The number of nitrogens with one attached hydrogen (secondary N) is 2. The molecular weight excluding hydrogens is 256 g/mol. The van der Waals surface area contributed by atoms with Crippen molar-refractivity contribution >= 4 is 17.5 Å². The van der Waals surface area contributed by atoms with E-state index >= 15 is 0 Å². The Kier molecular flexibility index (Phi) is 3.20. The van der Waals surface area contributed by atoms with Crippen LogP contribution in [0.4, 0.5) is 5.69 Å². The van der Waals surface area contributed by atoms with Crippen LogP contribution in [0.3, 0.4) is 0 Å². The number of amides is 2. The molecule has 1 fully saturated rings. The molecule has 2 aromatic rings. The number of hydrogen-bond donors (Lipinski definition) is 2. The fourth-order valence-electron chi connectivity index (χ4n) is 2.19. The van der Waals surface area contributed by atoms with Crippen LogP contribution in [0.25, 0.3) is 5.69 Å². The van der Waals surface area contributed by atoms with Gasteiger partial charge in [0.1, 0.15) is 6.04 Å². The second kappa shape index (κ2) is 5.16. The van der Waals surface area contributed by atoms with Gasteiger partial charge in [-0.15, -0.1) is 0 Å². The van der Waals surface area contributed by atoms with Crippen molar-refractivity contribution in [2.45, 2.75) is 18.9 Å². The van der Waals surface area contributed by atoms with Crippen LogP contribution in [0.5, 0.6) is 0 Å². The molecular formula is C14H14N4O2. The Morgan fingerprint density at radius 2 is 2.30 bits per heavy atom. The van der Waals surface area contributed by atoms with Gasteiger partial charge in [-0.3, -0.25) is 9.59 Å². The van der Waals surface area contributed by atoms with Crippen LogP contribution >= 0.6 is 0 Å². The van der Waals surface area contributed by atoms with E-state index in [0.717, 1.165) is 5.69 Å². The summed E-state index contributed by atoms with van der Waals surface area (Å²) in [5.41, 5.74) is 1.55. The summed E-state index contributed by atoms with van der Waals surface area (Å²) >= 11 is 0. The third-order valence-corrected chi connectivity index (χ3v) is 3.19. The monoisotopic (exact) mass is 270 g/mol. The van der Waals surface area contributed by atoms with E-state index in [1.807, 2.05) is 36.5 Å². The molecule has 0 bridgehead atoms. The lowest BCUT2D eigenvalue weighted by molar-refractivity contribution is -0.122. The number of hydrogen-bond acceptors (Lipinski definition) is 3. The van der Waals surface area contributed by atoms with Gasteiger partial charge in [-0.2, -0.15) is 5.10 Å². The van der Waals surface area contributed by atoms with Crippen LogP contribution in [-0.2, 0) is 9.59 Å². The van der Waals surface area contributed by atoms with E-state index in [1.165, 1.54) is 0 Å². The zero-order valence-electron chi connectivity index (χ0n) is 10.7. The number of anilines is 1. The molecule has 1 aliphatic heterocycles. The molecule has 20 heavy (non-hydrogen) atoms. The molecule has 0 saturated carbocycles. The van der Waals surface area contributed by atoms with Crippen molar-refractivity contribution in [1.29, 1.82) is 0 Å². The highest BCUT2D eigenvalue weighted by molar-refractivity contribution is 5.99. The van der Waals surface area contributed by atoms with Gasteiger partial charge in [0.25, 0.3) is 0 Å². The molecule has 1 atom stereocenters. The lowest BCUT2D eigenvalue weighted by Crippen LogP contribution is -2.37. The molecule has 1 saturated heterocycles. The molecule has 102 valence electrons. The van der Waals surface area contributed by atoms with E-state index in [1.54, 1.807) is 10.9 Å². The highest BCUT2D eigenvalue weighted by Gasteiger charge is 2.27. The molecule has 1 aromatic heterocycles. The minimum absolute atomic E-state index is 0.0737. The van der Waals surface area contributed by atoms with Gasteiger partial charge in [-0.1, -0.05) is 6.07 Å². The molecule has 3 rings (SSSR count). The van der Waals surface area contributed by atoms with Crippen molar-refractivity contribution in [3.05, 3.63) is 42.7 Å². The molecule has 0 spiro atoms. The predicted molar refractivity (Wildman–Crippen MR) is 73.4 cm³/mol. The smallest absolute Gasteiger partial charge is 0.246 e. The Labute approximate surface area is 115 Å². The maximum Gasteiger partial charge on any atom is 0.246 e. The summed E-state index contributed by atoms with van der Waals surface area (Å²) in [6, 6.07) is 8.79. The Balaban J connectivity index is 1.73. The number of benzene rings is 1. The summed E-state index contributed by atoms with van der Waals surface area (Å²) in [7, 11) is 0. The van der Waals surface area contributed by atoms with Crippen molar-refractivity contribution in [1.82, 2.24) is 15.1 Å². The van der Waals surface area contributed by atoms with Gasteiger partial charge in [-0.25, -0.2) is 4.68 Å². The van der Waals surface area contributed by atoms with E-state index in [9.17, 15) is 9.59 Å². The second-order valence-corrected chi connectivity index (χ2v) is 4.65. The molecule has 2 amide bonds. The molecule has 0 aliphatic carbocycles. The first-order valence-corrected chi connectivity index (χ1v) is 6.43. The Morgan fingerprint density at radius 3 is 3.00 bits per heavy atom. The van der Waals surface area contributed by atoms with Crippen molar-refractivity contribution in [3.63, 3.8) is 0 Å². The number of nitrogens with zero attached hydrogens (tertiary/aromatic N) is 2. The van der Waals surface area contributed by atoms with Crippen LogP contribution in [-0.4, -0.2) is 27.6 Å². The lowest BCUT2D eigenvalue weighted by atomic mass is 10.2. The topological polar surface area (TPSA) is 76.0 Å². The van der Waals surface area contributed by atoms with Gasteiger partial charge < -0.3 is 10.6 Å². The fraction of sp³-hybridized carbons (Fsp3) is 0.214. The molecule has 2 N–H and O–H groups in total. The summed E-state index contributed by atoms with van der Waals surface area (Å²) in [6.45, 7) is 0. The lowest BCUT2D eigenvalue weighted by Gasteiger charge is -2.11. The maximum atomic E-state index is 12.0. The number of carbonyl (C=O) groups excluding carboxylic acids is 2. The van der Waals surface area contributed by atoms with Crippen LogP contribution in [0.15, 0.2) is 42.7 Å². The summed E-state index contributed by atoms with van der Waals surface area (Å²) in [4.78, 5) is 23.1. The molecule has 1 aliphatic rings. The number of rotatable bonds is 3. The Bertz CT molecular complexity index is 636. The predicted octanol–water partition coefficient (Wildman–Crippen LogP) is 1.09. The van der Waals surface area contributed by atoms with Gasteiger partial charge in [0.05, 0.1) is 5.69 Å². The van der Waals surface area contributed by atoms with Crippen LogP contribution in [0, 0.1) is 0 Å². The van der Waals surface area contributed by atoms with E-state index in [4.69, 9.17) is 0 Å². The van der Waals surface area contributed by atoms with E-state index < -0.39 is 6.04 Å². The van der Waals surface area contributed by atoms with Gasteiger partial charge in [-0.05, 0) is 30.7 Å². The highest BCUT2D eigenvalue weighted by atomic mass is 16.2. The number of aromatic nitrogens is 2. The molecule has 6 heteroatoms. The Morgan fingerprint density at radius 1 is 1.40 bits per heavy atom. The molecule has 1 aromatic carbocycles. The fourth-order valence-corrected chi connectivity index (χ4v) is 2.19. The third kappa shape index (κ3) is 2.54. The first-order chi connectivity index (χ1) is 9.72. The first-order valence-electron chi connectivity index (χ1n) is 6.43. The summed E-state index contributed by atoms with van der Waals surface area (Å²) < 4.78 is 1.72. The van der Waals surface area contributed by atoms with E-state index in [0.29, 0.717) is 18.5 Å². The third-order valence-electron chi connectivity index (χ3n) is 3.19. The molecule has 1 unspecified atom stereocenters. The highest BCUT2D eigenvalue weighted by Crippen LogP contribution is 2.15. The normalized spacial score (nSPS) is 17.8. The standard InChI is InChI=1S/C14H14N4O2/c19-13-6-5-12(17-13)14(20)16-10-3-1-4-11(9-10)18-8-2-7-15-18/h1-4,7-9,12H,5-6H2,(H,16,20)(H,17,19). The Hall–Kier alpha value is -2.63. The average molecular weight is 270 g/mol. The molecule has 2 heterocycles. The largest absolute Gasteiger partial charge is 0.344 e. The van der Waals surface area contributed by atoms with Crippen molar-refractivity contribution in [2.75, 3.05) is 5.32 Å². The quantitative estimate of drug-likeness (QED) is 0.876. The SMILES string of the molecule is O=C1CCC(C(=O)Nc2cccc(-n3cccn3)c2)N1. The second-order valence-electron chi connectivity index (χ2n) is 4.65. The zero-order valence-corrected chi connectivity index (χ0v) is 10.7. The van der Waals surface area contributed by atoms with Crippen LogP contribution < -0.4 is 10.6 Å². The minimum atomic E-state index is -0.434. The summed E-state index contributed by atoms with van der Waals surface area (Å²) in [5, 5.41) is 9.60. The van der Waals surface area contributed by atoms with E-state index in [2.05, 4.69) is 15.7 Å². The van der Waals surface area contributed by atoms with Crippen molar-refractivity contribution < 1.29 is 9.59 Å². The van der Waals surface area contributed by atoms with Gasteiger partial charge >= 0.3 is 0 Å². The van der Waals surface area contributed by atoms with Gasteiger partial charge in [0.15, 0.2) is 0 Å². The maximum absolute atomic E-state index is 12.0. The average Bonchev–Trinajstić information content (AvgIpc) is 3.10. The summed E-state index contributed by atoms with van der Waals surface area (Å²) in [6.07, 6.45) is 4.48. The zero-order chi connectivity index (χ0) is 13.9. The van der Waals surface area contributed by atoms with E-state index in [-0.39, 0.29) is 11.8 Å². The minimum Gasteiger partial charge on any atom is -0.344 e. The van der Waals surface area contributed by atoms with Gasteiger partial charge in [0, 0.05) is 24.5 Å². The van der Waals surface area contributed by atoms with Crippen LogP contribution in [0.1, 0.15) is 12.8 Å².